The van der Waals surface area contributed by atoms with Gasteiger partial charge in [0.1, 0.15) is 11.3 Å². The second kappa shape index (κ2) is 5.88. The quantitative estimate of drug-likeness (QED) is 0.870. The van der Waals surface area contributed by atoms with E-state index in [1.165, 1.54) is 0 Å². The van der Waals surface area contributed by atoms with Crippen molar-refractivity contribution >= 4 is 5.91 Å². The molecule has 118 valence electrons. The number of hydrogen-bond acceptors (Lipinski definition) is 4. The minimum atomic E-state index is -0.628. The molecular weight excluding hydrogens is 290 g/mol. The average Bonchev–Trinajstić information content (AvgIpc) is 2.88. The van der Waals surface area contributed by atoms with Crippen LogP contribution in [0.5, 0.6) is 0 Å². The summed E-state index contributed by atoms with van der Waals surface area (Å²) in [5, 5.41) is 9.35. The lowest BCUT2D eigenvalue weighted by molar-refractivity contribution is -0.135. The summed E-state index contributed by atoms with van der Waals surface area (Å²) in [5.41, 5.74) is 0.889. The summed E-state index contributed by atoms with van der Waals surface area (Å²) >= 11 is 0. The number of benzene rings is 1. The first-order chi connectivity index (χ1) is 11.1. The molecule has 1 aromatic carbocycles. The smallest absolute Gasteiger partial charge is 0.229 e. The van der Waals surface area contributed by atoms with Gasteiger partial charge in [0.25, 0.3) is 0 Å². The third-order valence-corrected chi connectivity index (χ3v) is 4.64. The zero-order chi connectivity index (χ0) is 16.4. The fraction of sp³-hybridized carbons (Fsp3) is 0.389. The number of oxazole rings is 1. The number of carbonyl (C=O) groups excluding carboxylic acids is 1. The molecule has 1 aliphatic rings. The van der Waals surface area contributed by atoms with Crippen molar-refractivity contribution in [3.8, 4) is 17.5 Å². The average molecular weight is 309 g/mol. The third-order valence-electron chi connectivity index (χ3n) is 4.64. The lowest BCUT2D eigenvalue weighted by atomic mass is 9.76. The van der Waals surface area contributed by atoms with Gasteiger partial charge in [-0.2, -0.15) is 5.26 Å². The molecule has 5 heteroatoms. The summed E-state index contributed by atoms with van der Waals surface area (Å²) < 4.78 is 5.69. The highest BCUT2D eigenvalue weighted by molar-refractivity contribution is 5.80. The van der Waals surface area contributed by atoms with Gasteiger partial charge in [0.2, 0.25) is 11.8 Å². The minimum Gasteiger partial charge on any atom is -0.441 e. The highest BCUT2D eigenvalue weighted by atomic mass is 16.4. The number of likely N-dealkylation sites (N-methyl/N-ethyl adjacent to an activating group) is 1. The molecule has 0 N–H and O–H groups in total. The van der Waals surface area contributed by atoms with Crippen molar-refractivity contribution in [2.45, 2.75) is 38.1 Å². The molecule has 1 aromatic heterocycles. The summed E-state index contributed by atoms with van der Waals surface area (Å²) in [6.07, 6.45) is 2.64. The van der Waals surface area contributed by atoms with Crippen LogP contribution in [0, 0.1) is 18.3 Å². The Bertz CT molecular complexity index is 754. The normalized spacial score (nSPS) is 15.5. The van der Waals surface area contributed by atoms with Gasteiger partial charge in [0, 0.05) is 12.6 Å². The number of aryl methyl sites for hydroxylation is 1. The third kappa shape index (κ3) is 2.72. The van der Waals surface area contributed by atoms with Crippen LogP contribution < -0.4 is 0 Å². The topological polar surface area (TPSA) is 70.1 Å². The van der Waals surface area contributed by atoms with Crippen LogP contribution in [0.25, 0.3) is 11.5 Å². The molecule has 0 atom stereocenters. The van der Waals surface area contributed by atoms with Crippen molar-refractivity contribution in [2.24, 2.45) is 0 Å². The van der Waals surface area contributed by atoms with E-state index in [0.29, 0.717) is 17.3 Å². The molecule has 0 radical (unpaired) electrons. The van der Waals surface area contributed by atoms with Crippen LogP contribution in [0.1, 0.15) is 30.7 Å². The molecule has 3 rings (SSSR count). The number of carbonyl (C=O) groups is 1. The molecule has 1 saturated carbocycles. The van der Waals surface area contributed by atoms with Crippen LogP contribution in [-0.4, -0.2) is 28.4 Å². The number of aromatic nitrogens is 1. The van der Waals surface area contributed by atoms with E-state index in [4.69, 9.17) is 4.42 Å². The van der Waals surface area contributed by atoms with Gasteiger partial charge in [0.05, 0.1) is 18.2 Å². The van der Waals surface area contributed by atoms with Gasteiger partial charge in [-0.25, -0.2) is 4.98 Å². The van der Waals surface area contributed by atoms with Gasteiger partial charge in [0.15, 0.2) is 0 Å². The Labute approximate surface area is 135 Å². The minimum absolute atomic E-state index is 0.0951. The van der Waals surface area contributed by atoms with Crippen LogP contribution >= 0.6 is 0 Å². The molecule has 1 heterocycles. The SMILES string of the molecule is Cc1oc(-c2ccccc2)nc1CC(=O)N(C)C1(C#N)CCC1. The Hall–Kier alpha value is -2.61. The molecule has 0 aliphatic heterocycles. The first-order valence-electron chi connectivity index (χ1n) is 7.75. The van der Waals surface area contributed by atoms with Gasteiger partial charge in [-0.1, -0.05) is 18.2 Å². The van der Waals surface area contributed by atoms with E-state index in [-0.39, 0.29) is 12.3 Å². The number of rotatable bonds is 4. The first kappa shape index (κ1) is 15.3. The van der Waals surface area contributed by atoms with E-state index < -0.39 is 5.54 Å². The first-order valence-corrected chi connectivity index (χ1v) is 7.75. The van der Waals surface area contributed by atoms with Crippen molar-refractivity contribution in [1.82, 2.24) is 9.88 Å². The summed E-state index contributed by atoms with van der Waals surface area (Å²) in [5.74, 6) is 1.07. The lowest BCUT2D eigenvalue weighted by Crippen LogP contribution is -2.53. The van der Waals surface area contributed by atoms with Gasteiger partial charge in [-0.15, -0.1) is 0 Å². The molecule has 0 saturated heterocycles. The van der Waals surface area contributed by atoms with Crippen molar-refractivity contribution < 1.29 is 9.21 Å². The molecule has 23 heavy (non-hydrogen) atoms. The zero-order valence-electron chi connectivity index (χ0n) is 13.4. The van der Waals surface area contributed by atoms with Gasteiger partial charge in [-0.3, -0.25) is 4.79 Å². The molecular formula is C18H19N3O2. The lowest BCUT2D eigenvalue weighted by Gasteiger charge is -2.42. The van der Waals surface area contributed by atoms with Gasteiger partial charge < -0.3 is 9.32 Å². The molecule has 0 unspecified atom stereocenters. The summed E-state index contributed by atoms with van der Waals surface area (Å²) in [6.45, 7) is 1.81. The van der Waals surface area contributed by atoms with E-state index in [2.05, 4.69) is 11.1 Å². The van der Waals surface area contributed by atoms with Crippen molar-refractivity contribution in [1.29, 1.82) is 5.26 Å². The van der Waals surface area contributed by atoms with Gasteiger partial charge in [-0.05, 0) is 38.3 Å². The number of hydrogen-bond donors (Lipinski definition) is 0. The van der Waals surface area contributed by atoms with Gasteiger partial charge >= 0.3 is 0 Å². The van der Waals surface area contributed by atoms with Crippen LogP contribution in [0.3, 0.4) is 0 Å². The number of nitriles is 1. The van der Waals surface area contributed by atoms with Crippen LogP contribution in [0.15, 0.2) is 34.7 Å². The molecule has 0 spiro atoms. The monoisotopic (exact) mass is 309 g/mol. The van der Waals surface area contributed by atoms with E-state index in [1.54, 1.807) is 11.9 Å². The van der Waals surface area contributed by atoms with E-state index in [9.17, 15) is 10.1 Å². The second-order valence-corrected chi connectivity index (χ2v) is 6.01. The molecule has 2 aromatic rings. The predicted molar refractivity (Wildman–Crippen MR) is 85.3 cm³/mol. The fourth-order valence-corrected chi connectivity index (χ4v) is 2.83. The second-order valence-electron chi connectivity index (χ2n) is 6.01. The van der Waals surface area contributed by atoms with E-state index in [0.717, 1.165) is 24.8 Å². The Morgan fingerprint density at radius 2 is 2.09 bits per heavy atom. The maximum Gasteiger partial charge on any atom is 0.229 e. The number of amides is 1. The Kier molecular flexibility index (Phi) is 3.91. The molecule has 1 amide bonds. The number of nitrogens with zero attached hydrogens (tertiary/aromatic N) is 3. The highest BCUT2D eigenvalue weighted by Crippen LogP contribution is 2.36. The largest absolute Gasteiger partial charge is 0.441 e. The molecule has 1 aliphatic carbocycles. The van der Waals surface area contributed by atoms with E-state index in [1.807, 2.05) is 37.3 Å². The Morgan fingerprint density at radius 3 is 2.65 bits per heavy atom. The Morgan fingerprint density at radius 1 is 1.39 bits per heavy atom. The maximum absolute atomic E-state index is 12.5. The highest BCUT2D eigenvalue weighted by Gasteiger charge is 2.43. The predicted octanol–water partition coefficient (Wildman–Crippen LogP) is 3.10. The van der Waals surface area contributed by atoms with Crippen molar-refractivity contribution in [3.63, 3.8) is 0 Å². The summed E-state index contributed by atoms with van der Waals surface area (Å²) in [4.78, 5) is 18.5. The van der Waals surface area contributed by atoms with Crippen molar-refractivity contribution in [3.05, 3.63) is 41.8 Å². The standard InChI is InChI=1S/C18H19N3O2/c1-13-15(20-17(23-13)14-7-4-3-5-8-14)11-16(22)21(2)18(12-19)9-6-10-18/h3-5,7-8H,6,9-11H2,1-2H3. The van der Waals surface area contributed by atoms with Crippen LogP contribution in [-0.2, 0) is 11.2 Å². The van der Waals surface area contributed by atoms with Crippen LogP contribution in [0.2, 0.25) is 0 Å². The van der Waals surface area contributed by atoms with Crippen LogP contribution in [0.4, 0.5) is 0 Å². The molecule has 5 nitrogen and oxygen atoms in total. The summed E-state index contributed by atoms with van der Waals surface area (Å²) in [7, 11) is 1.71. The molecule has 0 bridgehead atoms. The zero-order valence-corrected chi connectivity index (χ0v) is 13.4. The Balaban J connectivity index is 1.77. The van der Waals surface area contributed by atoms with Crippen molar-refractivity contribution in [2.75, 3.05) is 7.05 Å². The fourth-order valence-electron chi connectivity index (χ4n) is 2.83. The maximum atomic E-state index is 12.5. The summed E-state index contributed by atoms with van der Waals surface area (Å²) in [6, 6.07) is 11.9. The van der Waals surface area contributed by atoms with E-state index >= 15 is 0 Å². The molecule has 1 fully saturated rings.